The van der Waals surface area contributed by atoms with Gasteiger partial charge in [0.25, 0.3) is 0 Å². The number of hydrogen-bond acceptors (Lipinski definition) is 3. The van der Waals surface area contributed by atoms with Crippen molar-refractivity contribution in [3.05, 3.63) is 0 Å². The van der Waals surface area contributed by atoms with Crippen molar-refractivity contribution in [1.29, 1.82) is 0 Å². The molecule has 0 aliphatic carbocycles. The standard InChI is InChI=1S/C11H21NO3/c1-3-9(11(14)15)12-7-5-4-6-10(12)8(2)13/h8-10,13H,3-7H2,1-2H3,(H,14,15)/t8-,9+,10+/m0/s1. The van der Waals surface area contributed by atoms with Gasteiger partial charge in [0.05, 0.1) is 6.10 Å². The predicted molar refractivity (Wildman–Crippen MR) is 57.7 cm³/mol. The molecule has 0 aromatic rings. The summed E-state index contributed by atoms with van der Waals surface area (Å²) in [7, 11) is 0. The molecule has 1 rings (SSSR count). The van der Waals surface area contributed by atoms with Crippen LogP contribution < -0.4 is 0 Å². The maximum absolute atomic E-state index is 11.1. The number of likely N-dealkylation sites (tertiary alicyclic amines) is 1. The van der Waals surface area contributed by atoms with Gasteiger partial charge in [0.15, 0.2) is 0 Å². The number of carboxylic acids is 1. The Morgan fingerprint density at radius 3 is 2.67 bits per heavy atom. The third kappa shape index (κ3) is 2.92. The van der Waals surface area contributed by atoms with Gasteiger partial charge in [0.2, 0.25) is 0 Å². The normalized spacial score (nSPS) is 27.3. The van der Waals surface area contributed by atoms with E-state index in [4.69, 9.17) is 5.11 Å². The van der Waals surface area contributed by atoms with E-state index in [0.29, 0.717) is 6.42 Å². The molecule has 1 fully saturated rings. The third-order valence-electron chi connectivity index (χ3n) is 3.22. The molecule has 2 N–H and O–H groups in total. The molecule has 0 radical (unpaired) electrons. The SMILES string of the molecule is CC[C@H](C(=O)O)N1CCCC[C@@H]1[C@H](C)O. The quantitative estimate of drug-likeness (QED) is 0.737. The minimum absolute atomic E-state index is 0.0137. The summed E-state index contributed by atoms with van der Waals surface area (Å²) >= 11 is 0. The Kier molecular flexibility index (Phi) is 4.54. The molecule has 0 unspecified atom stereocenters. The maximum atomic E-state index is 11.1. The highest BCUT2D eigenvalue weighted by Gasteiger charge is 2.34. The van der Waals surface area contributed by atoms with Crippen LogP contribution in [0.2, 0.25) is 0 Å². The smallest absolute Gasteiger partial charge is 0.320 e. The van der Waals surface area contributed by atoms with Crippen molar-refractivity contribution in [2.24, 2.45) is 0 Å². The van der Waals surface area contributed by atoms with Crippen molar-refractivity contribution < 1.29 is 15.0 Å². The predicted octanol–water partition coefficient (Wildman–Crippen LogP) is 1.08. The van der Waals surface area contributed by atoms with E-state index in [1.165, 1.54) is 0 Å². The van der Waals surface area contributed by atoms with Crippen molar-refractivity contribution >= 4 is 5.97 Å². The highest BCUT2D eigenvalue weighted by atomic mass is 16.4. The van der Waals surface area contributed by atoms with E-state index in [1.54, 1.807) is 6.92 Å². The van der Waals surface area contributed by atoms with Crippen LogP contribution in [0.4, 0.5) is 0 Å². The van der Waals surface area contributed by atoms with Crippen LogP contribution in [0.15, 0.2) is 0 Å². The lowest BCUT2D eigenvalue weighted by molar-refractivity contribution is -0.146. The minimum atomic E-state index is -0.773. The molecule has 1 saturated heterocycles. The summed E-state index contributed by atoms with van der Waals surface area (Å²) in [6.07, 6.45) is 3.17. The van der Waals surface area contributed by atoms with Gasteiger partial charge in [0.1, 0.15) is 6.04 Å². The zero-order chi connectivity index (χ0) is 11.4. The topological polar surface area (TPSA) is 60.8 Å². The number of hydrogen-bond donors (Lipinski definition) is 2. The number of aliphatic hydroxyl groups excluding tert-OH is 1. The second-order valence-electron chi connectivity index (χ2n) is 4.30. The Morgan fingerprint density at radius 1 is 1.53 bits per heavy atom. The van der Waals surface area contributed by atoms with Gasteiger partial charge in [-0.1, -0.05) is 13.3 Å². The molecule has 1 heterocycles. The molecule has 4 heteroatoms. The Morgan fingerprint density at radius 2 is 2.20 bits per heavy atom. The Hall–Kier alpha value is -0.610. The average molecular weight is 215 g/mol. The molecule has 0 saturated carbocycles. The molecule has 1 aliphatic rings. The minimum Gasteiger partial charge on any atom is -0.480 e. The highest BCUT2D eigenvalue weighted by molar-refractivity contribution is 5.73. The van der Waals surface area contributed by atoms with Crippen molar-refractivity contribution in [1.82, 2.24) is 4.90 Å². The molecule has 4 nitrogen and oxygen atoms in total. The van der Waals surface area contributed by atoms with Crippen LogP contribution in [-0.4, -0.2) is 45.8 Å². The lowest BCUT2D eigenvalue weighted by atomic mass is 9.95. The molecule has 0 aromatic carbocycles. The van der Waals surface area contributed by atoms with E-state index >= 15 is 0 Å². The second-order valence-corrected chi connectivity index (χ2v) is 4.30. The van der Waals surface area contributed by atoms with Crippen molar-refractivity contribution in [3.63, 3.8) is 0 Å². The van der Waals surface area contributed by atoms with Crippen LogP contribution in [0.5, 0.6) is 0 Å². The number of carboxylic acid groups (broad SMARTS) is 1. The molecule has 0 spiro atoms. The summed E-state index contributed by atoms with van der Waals surface area (Å²) in [4.78, 5) is 13.0. The van der Waals surface area contributed by atoms with Gasteiger partial charge in [-0.25, -0.2) is 0 Å². The van der Waals surface area contributed by atoms with Crippen molar-refractivity contribution in [2.45, 2.75) is 57.7 Å². The zero-order valence-corrected chi connectivity index (χ0v) is 9.52. The van der Waals surface area contributed by atoms with E-state index in [1.807, 2.05) is 11.8 Å². The molecule has 0 aromatic heterocycles. The molecule has 15 heavy (non-hydrogen) atoms. The second kappa shape index (κ2) is 5.47. The van der Waals surface area contributed by atoms with Crippen molar-refractivity contribution in [2.75, 3.05) is 6.54 Å². The monoisotopic (exact) mass is 215 g/mol. The summed E-state index contributed by atoms with van der Waals surface area (Å²) in [5.74, 6) is -0.773. The molecular weight excluding hydrogens is 194 g/mol. The van der Waals surface area contributed by atoms with Crippen LogP contribution in [0, 0.1) is 0 Å². The first kappa shape index (κ1) is 12.5. The average Bonchev–Trinajstić information content (AvgIpc) is 2.18. The molecule has 3 atom stereocenters. The van der Waals surface area contributed by atoms with E-state index in [0.717, 1.165) is 25.8 Å². The number of aliphatic hydroxyl groups is 1. The first-order valence-corrected chi connectivity index (χ1v) is 5.74. The van der Waals surface area contributed by atoms with Crippen LogP contribution in [-0.2, 0) is 4.79 Å². The van der Waals surface area contributed by atoms with Gasteiger partial charge < -0.3 is 10.2 Å². The first-order valence-electron chi connectivity index (χ1n) is 5.74. The number of piperidine rings is 1. The van der Waals surface area contributed by atoms with Crippen molar-refractivity contribution in [3.8, 4) is 0 Å². The van der Waals surface area contributed by atoms with Crippen LogP contribution >= 0.6 is 0 Å². The molecule has 0 bridgehead atoms. The molecule has 88 valence electrons. The van der Waals surface area contributed by atoms with E-state index in [-0.39, 0.29) is 6.04 Å². The first-order chi connectivity index (χ1) is 7.07. The molecular formula is C11H21NO3. The summed E-state index contributed by atoms with van der Waals surface area (Å²) in [5.41, 5.74) is 0. The lowest BCUT2D eigenvalue weighted by Crippen LogP contribution is -2.53. The Labute approximate surface area is 90.9 Å². The number of carbonyl (C=O) groups is 1. The fourth-order valence-electron chi connectivity index (χ4n) is 2.44. The lowest BCUT2D eigenvalue weighted by Gasteiger charge is -2.40. The molecule has 0 amide bonds. The van der Waals surface area contributed by atoms with Crippen LogP contribution in [0.1, 0.15) is 39.5 Å². The zero-order valence-electron chi connectivity index (χ0n) is 9.52. The fraction of sp³-hybridized carbons (Fsp3) is 0.909. The van der Waals surface area contributed by atoms with Gasteiger partial charge in [-0.3, -0.25) is 9.69 Å². The summed E-state index contributed by atoms with van der Waals surface area (Å²) in [6.45, 7) is 4.42. The van der Waals surface area contributed by atoms with Gasteiger partial charge >= 0.3 is 5.97 Å². The number of rotatable bonds is 4. The highest BCUT2D eigenvalue weighted by Crippen LogP contribution is 2.23. The fourth-order valence-corrected chi connectivity index (χ4v) is 2.44. The summed E-state index contributed by atoms with van der Waals surface area (Å²) < 4.78 is 0. The van der Waals surface area contributed by atoms with Crippen LogP contribution in [0.25, 0.3) is 0 Å². The van der Waals surface area contributed by atoms with Gasteiger partial charge in [-0.15, -0.1) is 0 Å². The Balaban J connectivity index is 2.73. The van der Waals surface area contributed by atoms with Gasteiger partial charge in [-0.2, -0.15) is 0 Å². The third-order valence-corrected chi connectivity index (χ3v) is 3.22. The largest absolute Gasteiger partial charge is 0.480 e. The van der Waals surface area contributed by atoms with E-state index in [9.17, 15) is 9.90 Å². The van der Waals surface area contributed by atoms with E-state index in [2.05, 4.69) is 0 Å². The summed E-state index contributed by atoms with van der Waals surface area (Å²) in [6, 6.07) is -0.426. The number of aliphatic carboxylic acids is 1. The van der Waals surface area contributed by atoms with E-state index < -0.39 is 18.1 Å². The maximum Gasteiger partial charge on any atom is 0.320 e. The Bertz CT molecular complexity index is 218. The summed E-state index contributed by atoms with van der Waals surface area (Å²) in [5, 5.41) is 18.7. The van der Waals surface area contributed by atoms with Gasteiger partial charge in [0, 0.05) is 6.04 Å². The number of nitrogens with zero attached hydrogens (tertiary/aromatic N) is 1. The molecule has 1 aliphatic heterocycles. The van der Waals surface area contributed by atoms with Crippen LogP contribution in [0.3, 0.4) is 0 Å². The van der Waals surface area contributed by atoms with Gasteiger partial charge in [-0.05, 0) is 32.7 Å².